The van der Waals surface area contributed by atoms with Crippen LogP contribution in [0.5, 0.6) is 0 Å². The SMILES string of the molecule is NC(=O)C1CC[NH+]([C@@H](C(=O)Nc2cccc(C(F)(F)F)c2)c2ccccc2)CC1. The quantitative estimate of drug-likeness (QED) is 0.712. The number of nitrogens with two attached hydrogens (primary N) is 1. The Morgan fingerprint density at radius 1 is 1.03 bits per heavy atom. The van der Waals surface area contributed by atoms with Gasteiger partial charge in [-0.1, -0.05) is 36.4 Å². The highest BCUT2D eigenvalue weighted by Crippen LogP contribution is 2.30. The van der Waals surface area contributed by atoms with Gasteiger partial charge >= 0.3 is 6.18 Å². The summed E-state index contributed by atoms with van der Waals surface area (Å²) in [5, 5.41) is 2.63. The first-order valence-electron chi connectivity index (χ1n) is 9.42. The Bertz CT molecular complexity index is 863. The van der Waals surface area contributed by atoms with Crippen molar-refractivity contribution in [2.45, 2.75) is 25.1 Å². The molecular formula is C21H23F3N3O2+. The number of benzene rings is 2. The molecular weight excluding hydrogens is 383 g/mol. The molecule has 2 aromatic rings. The van der Waals surface area contributed by atoms with Crippen LogP contribution in [-0.2, 0) is 15.8 Å². The predicted molar refractivity (Wildman–Crippen MR) is 102 cm³/mol. The van der Waals surface area contributed by atoms with Gasteiger partial charge in [-0.05, 0) is 18.2 Å². The summed E-state index contributed by atoms with van der Waals surface area (Å²) in [5.41, 5.74) is 5.44. The molecule has 1 fully saturated rings. The van der Waals surface area contributed by atoms with Crippen LogP contribution in [0.2, 0.25) is 0 Å². The van der Waals surface area contributed by atoms with E-state index >= 15 is 0 Å². The minimum absolute atomic E-state index is 0.0946. The normalized spacial score (nSPS) is 20.7. The summed E-state index contributed by atoms with van der Waals surface area (Å²) < 4.78 is 38.9. The average Bonchev–Trinajstić information content (AvgIpc) is 2.69. The largest absolute Gasteiger partial charge is 0.416 e. The van der Waals surface area contributed by atoms with Crippen molar-refractivity contribution in [3.63, 3.8) is 0 Å². The third-order valence-corrected chi connectivity index (χ3v) is 5.29. The number of primary amides is 1. The zero-order valence-corrected chi connectivity index (χ0v) is 15.7. The van der Waals surface area contributed by atoms with E-state index in [0.29, 0.717) is 25.9 Å². The van der Waals surface area contributed by atoms with E-state index in [9.17, 15) is 22.8 Å². The Hall–Kier alpha value is -2.87. The Labute approximate surface area is 166 Å². The van der Waals surface area contributed by atoms with E-state index in [2.05, 4.69) is 5.32 Å². The summed E-state index contributed by atoms with van der Waals surface area (Å²) in [6, 6.07) is 13.1. The van der Waals surface area contributed by atoms with E-state index in [4.69, 9.17) is 5.73 Å². The summed E-state index contributed by atoms with van der Waals surface area (Å²) >= 11 is 0. The van der Waals surface area contributed by atoms with Crippen LogP contribution in [0, 0.1) is 5.92 Å². The van der Waals surface area contributed by atoms with Gasteiger partial charge in [-0.3, -0.25) is 9.59 Å². The van der Waals surface area contributed by atoms with Gasteiger partial charge in [0.25, 0.3) is 5.91 Å². The van der Waals surface area contributed by atoms with Crippen LogP contribution < -0.4 is 16.0 Å². The van der Waals surface area contributed by atoms with Gasteiger partial charge in [0.05, 0.1) is 18.7 Å². The zero-order chi connectivity index (χ0) is 21.0. The molecule has 0 radical (unpaired) electrons. The van der Waals surface area contributed by atoms with E-state index in [-0.39, 0.29) is 23.4 Å². The van der Waals surface area contributed by atoms with Crippen molar-refractivity contribution in [1.82, 2.24) is 0 Å². The smallest absolute Gasteiger partial charge is 0.369 e. The van der Waals surface area contributed by atoms with Gasteiger partial charge in [0, 0.05) is 30.0 Å². The topological polar surface area (TPSA) is 76.6 Å². The lowest BCUT2D eigenvalue weighted by Gasteiger charge is -2.33. The van der Waals surface area contributed by atoms with Gasteiger partial charge in [0.15, 0.2) is 6.04 Å². The monoisotopic (exact) mass is 406 g/mol. The average molecular weight is 406 g/mol. The van der Waals surface area contributed by atoms with Crippen LogP contribution in [0.1, 0.15) is 30.0 Å². The highest BCUT2D eigenvalue weighted by molar-refractivity contribution is 5.94. The maximum Gasteiger partial charge on any atom is 0.416 e. The Morgan fingerprint density at radius 2 is 1.69 bits per heavy atom. The molecule has 2 aromatic carbocycles. The first-order valence-corrected chi connectivity index (χ1v) is 9.42. The summed E-state index contributed by atoms with van der Waals surface area (Å²) in [6.07, 6.45) is -3.34. The Balaban J connectivity index is 1.82. The number of carbonyl (C=O) groups excluding carboxylic acids is 2. The number of hydrogen-bond donors (Lipinski definition) is 3. The van der Waals surface area contributed by atoms with Crippen LogP contribution in [-0.4, -0.2) is 24.9 Å². The van der Waals surface area contributed by atoms with Crippen molar-refractivity contribution in [1.29, 1.82) is 0 Å². The maximum absolute atomic E-state index is 13.1. The standard InChI is InChI=1S/C21H22F3N3O2/c22-21(23,24)16-7-4-8-17(13-16)26-20(29)18(14-5-2-1-3-6-14)27-11-9-15(10-12-27)19(25)28/h1-8,13,15,18H,9-12H2,(H2,25,28)(H,26,29)/p+1/t18-/m1/s1. The Kier molecular flexibility index (Phi) is 6.22. The number of nitrogens with one attached hydrogen (secondary N) is 2. The van der Waals surface area contributed by atoms with Gasteiger partial charge in [0.2, 0.25) is 5.91 Å². The molecule has 0 saturated carbocycles. The van der Waals surface area contributed by atoms with Gasteiger partial charge in [0.1, 0.15) is 0 Å². The van der Waals surface area contributed by atoms with Crippen molar-refractivity contribution < 1.29 is 27.7 Å². The second kappa shape index (κ2) is 8.65. The third-order valence-electron chi connectivity index (χ3n) is 5.29. The van der Waals surface area contributed by atoms with Gasteiger partial charge in [-0.25, -0.2) is 0 Å². The number of quaternary nitrogens is 1. The van der Waals surface area contributed by atoms with Gasteiger partial charge in [-0.2, -0.15) is 13.2 Å². The highest BCUT2D eigenvalue weighted by Gasteiger charge is 2.36. The van der Waals surface area contributed by atoms with Gasteiger partial charge in [-0.15, -0.1) is 0 Å². The molecule has 1 saturated heterocycles. The lowest BCUT2D eigenvalue weighted by molar-refractivity contribution is -0.927. The fourth-order valence-electron chi connectivity index (χ4n) is 3.77. The fraction of sp³-hybridized carbons (Fsp3) is 0.333. The van der Waals surface area contributed by atoms with E-state index in [1.807, 2.05) is 30.3 Å². The highest BCUT2D eigenvalue weighted by atomic mass is 19.4. The zero-order valence-electron chi connectivity index (χ0n) is 15.7. The minimum Gasteiger partial charge on any atom is -0.369 e. The first kappa shape index (κ1) is 20.9. The van der Waals surface area contributed by atoms with Crippen LogP contribution in [0.3, 0.4) is 0 Å². The summed E-state index contributed by atoms with van der Waals surface area (Å²) in [4.78, 5) is 25.5. The van der Waals surface area contributed by atoms with E-state index in [0.717, 1.165) is 22.6 Å². The molecule has 0 bridgehead atoms. The maximum atomic E-state index is 13.1. The number of piperidine rings is 1. The van der Waals surface area contributed by atoms with Crippen molar-refractivity contribution >= 4 is 17.5 Å². The van der Waals surface area contributed by atoms with Crippen LogP contribution in [0.4, 0.5) is 18.9 Å². The van der Waals surface area contributed by atoms with Crippen LogP contribution in [0.25, 0.3) is 0 Å². The molecule has 3 rings (SSSR count). The second-order valence-corrected chi connectivity index (χ2v) is 7.25. The van der Waals surface area contributed by atoms with Crippen molar-refractivity contribution in [2.75, 3.05) is 18.4 Å². The van der Waals surface area contributed by atoms with Gasteiger partial charge < -0.3 is 16.0 Å². The molecule has 1 atom stereocenters. The molecule has 0 aliphatic carbocycles. The number of alkyl halides is 3. The number of anilines is 1. The predicted octanol–water partition coefficient (Wildman–Crippen LogP) is 2.17. The summed E-state index contributed by atoms with van der Waals surface area (Å²) in [5.74, 6) is -0.932. The lowest BCUT2D eigenvalue weighted by atomic mass is 9.93. The van der Waals surface area contributed by atoms with E-state index in [1.165, 1.54) is 12.1 Å². The van der Waals surface area contributed by atoms with Crippen LogP contribution >= 0.6 is 0 Å². The number of rotatable bonds is 5. The molecule has 8 heteroatoms. The van der Waals surface area contributed by atoms with Crippen LogP contribution in [0.15, 0.2) is 54.6 Å². The molecule has 2 amide bonds. The first-order chi connectivity index (χ1) is 13.8. The second-order valence-electron chi connectivity index (χ2n) is 7.25. The molecule has 5 nitrogen and oxygen atoms in total. The number of amides is 2. The molecule has 1 aliphatic heterocycles. The molecule has 154 valence electrons. The lowest BCUT2D eigenvalue weighted by Crippen LogP contribution is -3.14. The van der Waals surface area contributed by atoms with Crippen molar-refractivity contribution in [3.05, 3.63) is 65.7 Å². The number of hydrogen-bond acceptors (Lipinski definition) is 2. The molecule has 4 N–H and O–H groups in total. The third kappa shape index (κ3) is 5.14. The van der Waals surface area contributed by atoms with Crippen molar-refractivity contribution in [3.8, 4) is 0 Å². The molecule has 0 unspecified atom stereocenters. The van der Waals surface area contributed by atoms with E-state index in [1.54, 1.807) is 0 Å². The summed E-state index contributed by atoms with van der Waals surface area (Å²) in [6.45, 7) is 1.15. The van der Waals surface area contributed by atoms with Crippen molar-refractivity contribution in [2.24, 2.45) is 11.7 Å². The molecule has 0 aromatic heterocycles. The summed E-state index contributed by atoms with van der Waals surface area (Å²) in [7, 11) is 0. The van der Waals surface area contributed by atoms with E-state index < -0.39 is 17.8 Å². The number of halogens is 3. The molecule has 0 spiro atoms. The molecule has 1 aliphatic rings. The number of likely N-dealkylation sites (tertiary alicyclic amines) is 1. The Morgan fingerprint density at radius 3 is 2.28 bits per heavy atom. The minimum atomic E-state index is -4.48. The molecule has 1 heterocycles. The number of carbonyl (C=O) groups is 2. The fourth-order valence-corrected chi connectivity index (χ4v) is 3.77. The molecule has 29 heavy (non-hydrogen) atoms.